The van der Waals surface area contributed by atoms with Crippen molar-refractivity contribution in [3.8, 4) is 11.5 Å². The van der Waals surface area contributed by atoms with Gasteiger partial charge in [-0.2, -0.15) is 0 Å². The number of carbonyl (C=O) groups excluding carboxylic acids is 3. The number of thiophene rings is 1. The molecule has 1 atom stereocenters. The van der Waals surface area contributed by atoms with Crippen molar-refractivity contribution in [2.75, 3.05) is 13.2 Å². The van der Waals surface area contributed by atoms with Crippen molar-refractivity contribution < 1.29 is 23.9 Å². The van der Waals surface area contributed by atoms with Gasteiger partial charge in [0.2, 0.25) is 6.10 Å². The number of para-hydroxylation sites is 2. The number of hydrogen-bond acceptors (Lipinski definition) is 7. The van der Waals surface area contributed by atoms with Crippen LogP contribution < -0.4 is 14.8 Å². The fraction of sp³-hybridized carbons (Fsp3) is 0.308. The zero-order valence-corrected chi connectivity index (χ0v) is 20.3. The van der Waals surface area contributed by atoms with Crippen LogP contribution in [0.15, 0.2) is 41.9 Å². The monoisotopic (exact) mass is 491 g/mol. The number of carbonyl (C=O) groups is 3. The Bertz CT molecular complexity index is 1320. The number of pyridine rings is 1. The lowest BCUT2D eigenvalue weighted by Crippen LogP contribution is -2.48. The summed E-state index contributed by atoms with van der Waals surface area (Å²) in [5.41, 5.74) is 4.37. The third-order valence-corrected chi connectivity index (χ3v) is 7.36. The summed E-state index contributed by atoms with van der Waals surface area (Å²) in [7, 11) is 0. The van der Waals surface area contributed by atoms with E-state index in [0.29, 0.717) is 48.0 Å². The van der Waals surface area contributed by atoms with Crippen molar-refractivity contribution in [1.82, 2.24) is 15.2 Å². The molecular formula is C26H25N3O5S. The molecule has 0 radical (unpaired) electrons. The molecule has 4 heterocycles. The van der Waals surface area contributed by atoms with Gasteiger partial charge in [0, 0.05) is 36.9 Å². The summed E-state index contributed by atoms with van der Waals surface area (Å²) in [6.45, 7) is 4.88. The molecule has 8 nitrogen and oxygen atoms in total. The molecule has 2 amide bonds. The van der Waals surface area contributed by atoms with Gasteiger partial charge >= 0.3 is 0 Å². The molecule has 0 spiro atoms. The predicted molar refractivity (Wildman–Crippen MR) is 130 cm³/mol. The van der Waals surface area contributed by atoms with Gasteiger partial charge in [-0.1, -0.05) is 12.1 Å². The Balaban J connectivity index is 1.27. The minimum Gasteiger partial charge on any atom is -0.485 e. The number of amides is 2. The maximum absolute atomic E-state index is 13.2. The first-order valence-electron chi connectivity index (χ1n) is 11.4. The minimum absolute atomic E-state index is 0.0558. The number of nitrogens with one attached hydrogen (secondary N) is 1. The van der Waals surface area contributed by atoms with E-state index in [1.54, 1.807) is 28.6 Å². The third kappa shape index (κ3) is 4.64. The average molecular weight is 492 g/mol. The number of aromatic nitrogens is 1. The van der Waals surface area contributed by atoms with Crippen LogP contribution in [0.3, 0.4) is 0 Å². The Kier molecular flexibility index (Phi) is 6.25. The molecule has 0 bridgehead atoms. The van der Waals surface area contributed by atoms with Gasteiger partial charge in [0.1, 0.15) is 6.61 Å². The summed E-state index contributed by atoms with van der Waals surface area (Å²) in [5.74, 6) is 0.824. The molecule has 1 aromatic carbocycles. The van der Waals surface area contributed by atoms with Gasteiger partial charge in [-0.15, -0.1) is 11.3 Å². The smallest absolute Gasteiger partial charge is 0.267 e. The highest BCUT2D eigenvalue weighted by Gasteiger charge is 2.33. The fourth-order valence-electron chi connectivity index (χ4n) is 4.40. The molecule has 9 heteroatoms. The molecule has 2 aromatic heterocycles. The number of fused-ring (bicyclic) bond motifs is 2. The second kappa shape index (κ2) is 9.50. The molecule has 0 fully saturated rings. The van der Waals surface area contributed by atoms with Gasteiger partial charge in [0.25, 0.3) is 11.8 Å². The van der Waals surface area contributed by atoms with Crippen LogP contribution >= 0.6 is 11.3 Å². The van der Waals surface area contributed by atoms with E-state index in [2.05, 4.69) is 10.3 Å². The number of Topliss-reactive ketones (excluding diaryl/α,β-unsaturated/α-hetero) is 1. The van der Waals surface area contributed by atoms with Crippen molar-refractivity contribution in [3.05, 3.63) is 74.7 Å². The minimum atomic E-state index is -0.686. The zero-order chi connectivity index (χ0) is 24.5. The number of nitrogens with zero attached hydrogens (tertiary/aromatic N) is 2. The SMILES string of the molecule is CC(=O)c1cc(C(=O)NCc2c(C)ncc3c2CCN(C(=O)C2COc4ccccc4O2)C3)cs1. The quantitative estimate of drug-likeness (QED) is 0.550. The first-order valence-corrected chi connectivity index (χ1v) is 12.3. The normalized spacial score (nSPS) is 16.4. The van der Waals surface area contributed by atoms with Crippen LogP contribution in [0.25, 0.3) is 0 Å². The maximum Gasteiger partial charge on any atom is 0.267 e. The molecule has 3 aromatic rings. The van der Waals surface area contributed by atoms with Crippen LogP contribution in [0.5, 0.6) is 11.5 Å². The Labute approximate surface area is 206 Å². The highest BCUT2D eigenvalue weighted by atomic mass is 32.1. The van der Waals surface area contributed by atoms with E-state index in [4.69, 9.17) is 9.47 Å². The Morgan fingerprint density at radius 2 is 2.03 bits per heavy atom. The highest BCUT2D eigenvalue weighted by molar-refractivity contribution is 7.12. The van der Waals surface area contributed by atoms with Crippen LogP contribution in [0.2, 0.25) is 0 Å². The van der Waals surface area contributed by atoms with Gasteiger partial charge in [-0.25, -0.2) is 0 Å². The summed E-state index contributed by atoms with van der Waals surface area (Å²) in [5, 5.41) is 4.64. The number of hydrogen-bond donors (Lipinski definition) is 1. The molecule has 2 aliphatic rings. The number of aryl methyl sites for hydroxylation is 1. The van der Waals surface area contributed by atoms with E-state index in [9.17, 15) is 14.4 Å². The number of rotatable bonds is 5. The summed E-state index contributed by atoms with van der Waals surface area (Å²) >= 11 is 1.27. The second-order valence-corrected chi connectivity index (χ2v) is 9.55. The van der Waals surface area contributed by atoms with E-state index in [1.165, 1.54) is 18.3 Å². The lowest BCUT2D eigenvalue weighted by Gasteiger charge is -2.34. The van der Waals surface area contributed by atoms with Crippen LogP contribution in [0, 0.1) is 6.92 Å². The molecule has 0 saturated carbocycles. The Morgan fingerprint density at radius 3 is 2.80 bits per heavy atom. The van der Waals surface area contributed by atoms with Crippen LogP contribution in [0.1, 0.15) is 49.3 Å². The molecule has 0 aliphatic carbocycles. The number of benzene rings is 1. The van der Waals surface area contributed by atoms with E-state index in [1.807, 2.05) is 25.1 Å². The summed E-state index contributed by atoms with van der Waals surface area (Å²) in [6.07, 6.45) is 1.78. The topological polar surface area (TPSA) is 97.8 Å². The van der Waals surface area contributed by atoms with E-state index < -0.39 is 6.10 Å². The first kappa shape index (κ1) is 23.0. The molecule has 0 saturated heterocycles. The Morgan fingerprint density at radius 1 is 1.23 bits per heavy atom. The summed E-state index contributed by atoms with van der Waals surface area (Å²) in [6, 6.07) is 8.95. The van der Waals surface area contributed by atoms with E-state index in [0.717, 1.165) is 22.4 Å². The molecular weight excluding hydrogens is 466 g/mol. The zero-order valence-electron chi connectivity index (χ0n) is 19.5. The van der Waals surface area contributed by atoms with Crippen molar-refractivity contribution in [2.45, 2.75) is 39.5 Å². The summed E-state index contributed by atoms with van der Waals surface area (Å²) < 4.78 is 11.6. The van der Waals surface area contributed by atoms with Gasteiger partial charge in [-0.3, -0.25) is 19.4 Å². The lowest BCUT2D eigenvalue weighted by molar-refractivity contribution is -0.142. The summed E-state index contributed by atoms with van der Waals surface area (Å²) in [4.78, 5) is 44.2. The van der Waals surface area contributed by atoms with Gasteiger partial charge < -0.3 is 19.7 Å². The van der Waals surface area contributed by atoms with Gasteiger partial charge in [0.15, 0.2) is 17.3 Å². The highest BCUT2D eigenvalue weighted by Crippen LogP contribution is 2.32. The van der Waals surface area contributed by atoms with E-state index >= 15 is 0 Å². The predicted octanol–water partition coefficient (Wildman–Crippen LogP) is 3.31. The molecule has 5 rings (SSSR count). The van der Waals surface area contributed by atoms with Gasteiger partial charge in [-0.05, 0) is 55.2 Å². The van der Waals surface area contributed by atoms with E-state index in [-0.39, 0.29) is 24.2 Å². The molecule has 35 heavy (non-hydrogen) atoms. The second-order valence-electron chi connectivity index (χ2n) is 8.64. The fourth-order valence-corrected chi connectivity index (χ4v) is 5.19. The van der Waals surface area contributed by atoms with Crippen LogP contribution in [-0.2, 0) is 24.3 Å². The van der Waals surface area contributed by atoms with Crippen LogP contribution in [-0.4, -0.2) is 46.7 Å². The number of ketones is 1. The van der Waals surface area contributed by atoms with Gasteiger partial charge in [0.05, 0.1) is 10.4 Å². The maximum atomic E-state index is 13.2. The largest absolute Gasteiger partial charge is 0.485 e. The number of ether oxygens (including phenoxy) is 2. The standard InChI is InChI=1S/C26H25N3O5S/c1-15-20(11-28-25(31)17-9-24(16(2)30)35-14-17)19-7-8-29(12-18(19)10-27-15)26(32)23-13-33-21-5-3-4-6-22(21)34-23/h3-6,9-10,14,23H,7-8,11-13H2,1-2H3,(H,28,31). The van der Waals surface area contributed by atoms with Crippen molar-refractivity contribution in [3.63, 3.8) is 0 Å². The molecule has 1 N–H and O–H groups in total. The van der Waals surface area contributed by atoms with Crippen LogP contribution in [0.4, 0.5) is 0 Å². The molecule has 1 unspecified atom stereocenters. The lowest BCUT2D eigenvalue weighted by atomic mass is 9.94. The third-order valence-electron chi connectivity index (χ3n) is 6.33. The average Bonchev–Trinajstić information content (AvgIpc) is 3.38. The Hall–Kier alpha value is -3.72. The van der Waals surface area contributed by atoms with Crippen molar-refractivity contribution in [1.29, 1.82) is 0 Å². The molecule has 2 aliphatic heterocycles. The van der Waals surface area contributed by atoms with Crippen molar-refractivity contribution >= 4 is 28.9 Å². The molecule has 180 valence electrons. The first-order chi connectivity index (χ1) is 16.9. The van der Waals surface area contributed by atoms with Crippen molar-refractivity contribution in [2.24, 2.45) is 0 Å².